The maximum Gasteiger partial charge on any atom is 0.224 e. The van der Waals surface area contributed by atoms with E-state index in [1.54, 1.807) is 6.20 Å². The zero-order valence-electron chi connectivity index (χ0n) is 9.38. The number of fused-ring (bicyclic) bond motifs is 1. The molecule has 0 aliphatic heterocycles. The van der Waals surface area contributed by atoms with Crippen molar-refractivity contribution in [2.45, 2.75) is 37.8 Å². The molecule has 0 spiro atoms. The fourth-order valence-corrected chi connectivity index (χ4v) is 2.68. The van der Waals surface area contributed by atoms with Crippen molar-refractivity contribution in [1.82, 2.24) is 14.5 Å². The Labute approximate surface area is 104 Å². The van der Waals surface area contributed by atoms with E-state index in [9.17, 15) is 5.11 Å². The standard InChI is InChI=1S/C12H14ClN3O/c13-12-14-7-8-5-6-16(11(8)15-12)9-1-3-10(17)4-2-9/h5-7,9-10,17H,1-4H2. The average Bonchev–Trinajstić information content (AvgIpc) is 2.73. The second kappa shape index (κ2) is 4.27. The maximum absolute atomic E-state index is 9.53. The Morgan fingerprint density at radius 3 is 2.82 bits per heavy atom. The van der Waals surface area contributed by atoms with Gasteiger partial charge >= 0.3 is 0 Å². The Hall–Kier alpha value is -1.13. The number of hydrogen-bond acceptors (Lipinski definition) is 3. The summed E-state index contributed by atoms with van der Waals surface area (Å²) in [6.45, 7) is 0. The van der Waals surface area contributed by atoms with Gasteiger partial charge in [-0.25, -0.2) is 4.98 Å². The maximum atomic E-state index is 9.53. The summed E-state index contributed by atoms with van der Waals surface area (Å²) in [7, 11) is 0. The fourth-order valence-electron chi connectivity index (χ4n) is 2.55. The summed E-state index contributed by atoms with van der Waals surface area (Å²) in [6, 6.07) is 2.43. The molecule has 1 N–H and O–H groups in total. The molecule has 90 valence electrons. The lowest BCUT2D eigenvalue weighted by molar-refractivity contribution is 0.111. The van der Waals surface area contributed by atoms with Crippen molar-refractivity contribution >= 4 is 22.6 Å². The number of halogens is 1. The Kier molecular flexibility index (Phi) is 2.76. The molecule has 2 heterocycles. The number of hydrogen-bond donors (Lipinski definition) is 1. The van der Waals surface area contributed by atoms with Gasteiger partial charge in [0.25, 0.3) is 0 Å². The first-order valence-corrected chi connectivity index (χ1v) is 6.29. The lowest BCUT2D eigenvalue weighted by Gasteiger charge is -2.26. The lowest BCUT2D eigenvalue weighted by Crippen LogP contribution is -2.20. The zero-order valence-corrected chi connectivity index (χ0v) is 10.1. The van der Waals surface area contributed by atoms with Gasteiger partial charge in [0.2, 0.25) is 5.28 Å². The van der Waals surface area contributed by atoms with Crippen LogP contribution in [0.3, 0.4) is 0 Å². The molecule has 0 atom stereocenters. The summed E-state index contributed by atoms with van der Waals surface area (Å²) in [4.78, 5) is 8.26. The smallest absolute Gasteiger partial charge is 0.224 e. The predicted molar refractivity (Wildman–Crippen MR) is 66.0 cm³/mol. The van der Waals surface area contributed by atoms with Crippen molar-refractivity contribution in [3.63, 3.8) is 0 Å². The minimum absolute atomic E-state index is 0.133. The molecular formula is C12H14ClN3O. The molecule has 1 aliphatic rings. The normalized spacial score (nSPS) is 25.3. The van der Waals surface area contributed by atoms with Gasteiger partial charge in [-0.15, -0.1) is 0 Å². The Balaban J connectivity index is 1.97. The molecule has 3 rings (SSSR count). The van der Waals surface area contributed by atoms with Crippen LogP contribution in [0.15, 0.2) is 18.5 Å². The molecule has 5 heteroatoms. The van der Waals surface area contributed by atoms with E-state index >= 15 is 0 Å². The van der Waals surface area contributed by atoms with E-state index in [0.29, 0.717) is 6.04 Å². The molecule has 1 fully saturated rings. The molecule has 4 nitrogen and oxygen atoms in total. The topological polar surface area (TPSA) is 50.9 Å². The number of rotatable bonds is 1. The van der Waals surface area contributed by atoms with Crippen molar-refractivity contribution in [3.05, 3.63) is 23.7 Å². The lowest BCUT2D eigenvalue weighted by atomic mass is 9.93. The van der Waals surface area contributed by atoms with Crippen LogP contribution in [-0.2, 0) is 0 Å². The minimum Gasteiger partial charge on any atom is -0.393 e. The number of nitrogens with zero attached hydrogens (tertiary/aromatic N) is 3. The van der Waals surface area contributed by atoms with Gasteiger partial charge in [0.15, 0.2) is 0 Å². The van der Waals surface area contributed by atoms with E-state index in [1.807, 2.05) is 12.3 Å². The molecule has 17 heavy (non-hydrogen) atoms. The van der Waals surface area contributed by atoms with Crippen LogP contribution < -0.4 is 0 Å². The van der Waals surface area contributed by atoms with Crippen molar-refractivity contribution in [3.8, 4) is 0 Å². The quantitative estimate of drug-likeness (QED) is 0.793. The van der Waals surface area contributed by atoms with Crippen LogP contribution in [0.25, 0.3) is 11.0 Å². The first-order valence-electron chi connectivity index (χ1n) is 5.91. The number of aliphatic hydroxyl groups is 1. The van der Waals surface area contributed by atoms with E-state index in [0.717, 1.165) is 36.7 Å². The molecule has 2 aromatic heterocycles. The summed E-state index contributed by atoms with van der Waals surface area (Å²) in [5.74, 6) is 0. The van der Waals surface area contributed by atoms with E-state index in [4.69, 9.17) is 11.6 Å². The Morgan fingerprint density at radius 2 is 2.06 bits per heavy atom. The van der Waals surface area contributed by atoms with Gasteiger partial charge in [-0.3, -0.25) is 0 Å². The third kappa shape index (κ3) is 2.03. The average molecular weight is 252 g/mol. The highest BCUT2D eigenvalue weighted by molar-refractivity contribution is 6.28. The molecule has 2 aromatic rings. The second-order valence-electron chi connectivity index (χ2n) is 4.60. The first kappa shape index (κ1) is 11.0. The van der Waals surface area contributed by atoms with Crippen molar-refractivity contribution in [1.29, 1.82) is 0 Å². The van der Waals surface area contributed by atoms with Crippen molar-refractivity contribution in [2.24, 2.45) is 0 Å². The predicted octanol–water partition coefficient (Wildman–Crippen LogP) is 2.56. The van der Waals surface area contributed by atoms with Crippen LogP contribution in [0.4, 0.5) is 0 Å². The van der Waals surface area contributed by atoms with Crippen LogP contribution in [0, 0.1) is 0 Å². The minimum atomic E-state index is -0.133. The van der Waals surface area contributed by atoms with Crippen LogP contribution in [-0.4, -0.2) is 25.7 Å². The highest BCUT2D eigenvalue weighted by Crippen LogP contribution is 2.31. The van der Waals surface area contributed by atoms with Crippen LogP contribution in [0.1, 0.15) is 31.7 Å². The van der Waals surface area contributed by atoms with Crippen LogP contribution in [0.2, 0.25) is 5.28 Å². The number of aliphatic hydroxyl groups excluding tert-OH is 1. The third-order valence-corrected chi connectivity index (χ3v) is 3.67. The molecule has 0 bridgehead atoms. The summed E-state index contributed by atoms with van der Waals surface area (Å²) in [5.41, 5.74) is 0.895. The second-order valence-corrected chi connectivity index (χ2v) is 4.94. The zero-order chi connectivity index (χ0) is 11.8. The summed E-state index contributed by atoms with van der Waals surface area (Å²) in [5, 5.41) is 10.8. The third-order valence-electron chi connectivity index (χ3n) is 3.49. The van der Waals surface area contributed by atoms with E-state index in [-0.39, 0.29) is 11.4 Å². The molecular weight excluding hydrogens is 238 g/mol. The van der Waals surface area contributed by atoms with Gasteiger partial charge in [0.1, 0.15) is 5.65 Å². The molecule has 0 amide bonds. The van der Waals surface area contributed by atoms with Gasteiger partial charge in [-0.2, -0.15) is 4.98 Å². The van der Waals surface area contributed by atoms with E-state index in [1.165, 1.54) is 0 Å². The van der Waals surface area contributed by atoms with Crippen LogP contribution >= 0.6 is 11.6 Å². The molecule has 0 saturated heterocycles. The molecule has 0 unspecified atom stereocenters. The summed E-state index contributed by atoms with van der Waals surface area (Å²) >= 11 is 5.83. The van der Waals surface area contributed by atoms with Gasteiger partial charge < -0.3 is 9.67 Å². The molecule has 1 saturated carbocycles. The highest BCUT2D eigenvalue weighted by Gasteiger charge is 2.21. The van der Waals surface area contributed by atoms with E-state index in [2.05, 4.69) is 14.5 Å². The fraction of sp³-hybridized carbons (Fsp3) is 0.500. The SMILES string of the molecule is OC1CCC(n2ccc3cnc(Cl)nc32)CC1. The van der Waals surface area contributed by atoms with Crippen LogP contribution in [0.5, 0.6) is 0 Å². The van der Waals surface area contributed by atoms with Gasteiger partial charge in [-0.1, -0.05) is 0 Å². The Morgan fingerprint density at radius 1 is 1.29 bits per heavy atom. The molecule has 1 aliphatic carbocycles. The van der Waals surface area contributed by atoms with Gasteiger partial charge in [-0.05, 0) is 43.4 Å². The molecule has 0 radical (unpaired) electrons. The summed E-state index contributed by atoms with van der Waals surface area (Å²) in [6.07, 6.45) is 7.37. The molecule has 0 aromatic carbocycles. The Bertz CT molecular complexity index is 532. The monoisotopic (exact) mass is 251 g/mol. The van der Waals surface area contributed by atoms with E-state index < -0.39 is 0 Å². The van der Waals surface area contributed by atoms with Gasteiger partial charge in [0, 0.05) is 23.8 Å². The van der Waals surface area contributed by atoms with Crippen molar-refractivity contribution < 1.29 is 5.11 Å². The number of aromatic nitrogens is 3. The van der Waals surface area contributed by atoms with Crippen molar-refractivity contribution in [2.75, 3.05) is 0 Å². The summed E-state index contributed by atoms with van der Waals surface area (Å²) < 4.78 is 2.16. The highest BCUT2D eigenvalue weighted by atomic mass is 35.5. The largest absolute Gasteiger partial charge is 0.393 e. The first-order chi connectivity index (χ1) is 8.24. The van der Waals surface area contributed by atoms with Gasteiger partial charge in [0.05, 0.1) is 6.10 Å².